The molecule has 162 valence electrons. The van der Waals surface area contributed by atoms with Gasteiger partial charge in [-0.1, -0.05) is 30.4 Å². The van der Waals surface area contributed by atoms with Crippen molar-refractivity contribution in [3.05, 3.63) is 47.4 Å². The van der Waals surface area contributed by atoms with E-state index in [-0.39, 0.29) is 29.1 Å². The number of hydrogen-bond acceptors (Lipinski definition) is 7. The first-order valence-electron chi connectivity index (χ1n) is 9.89. The fourth-order valence-corrected chi connectivity index (χ4v) is 6.75. The smallest absolute Gasteiger partial charge is 0.313 e. The van der Waals surface area contributed by atoms with Crippen molar-refractivity contribution in [1.29, 1.82) is 0 Å². The van der Waals surface area contributed by atoms with Crippen LogP contribution in [0.4, 0.5) is 0 Å². The van der Waals surface area contributed by atoms with Crippen molar-refractivity contribution in [2.75, 3.05) is 17.3 Å². The number of Topliss-reactive ketones (excluding diaryl/α,β-unsaturated/α-hetero) is 1. The first-order valence-corrected chi connectivity index (χ1v) is 13.0. The van der Waals surface area contributed by atoms with E-state index in [1.165, 1.54) is 28.2 Å². The number of aliphatic hydroxyl groups is 2. The van der Waals surface area contributed by atoms with E-state index >= 15 is 0 Å². The Labute approximate surface area is 188 Å². The van der Waals surface area contributed by atoms with E-state index in [1.807, 2.05) is 12.1 Å². The SMILES string of the molecule is O=C(O)CSCCCSC1C(=O)C[C@@H](O)[C@@H]1C=CC(O)Cc1csc2ccccc12. The van der Waals surface area contributed by atoms with Crippen molar-refractivity contribution >= 4 is 56.7 Å². The molecule has 1 aliphatic carbocycles. The molecule has 8 heteroatoms. The summed E-state index contributed by atoms with van der Waals surface area (Å²) in [5, 5.41) is 32.4. The van der Waals surface area contributed by atoms with E-state index in [0.29, 0.717) is 6.42 Å². The number of carbonyl (C=O) groups excluding carboxylic acids is 1. The summed E-state index contributed by atoms with van der Waals surface area (Å²) in [5.74, 6) is 0.483. The summed E-state index contributed by atoms with van der Waals surface area (Å²) in [4.78, 5) is 22.8. The molecule has 30 heavy (non-hydrogen) atoms. The molecule has 1 saturated carbocycles. The van der Waals surface area contributed by atoms with E-state index in [2.05, 4.69) is 17.5 Å². The summed E-state index contributed by atoms with van der Waals surface area (Å²) in [6.07, 6.45) is 3.56. The van der Waals surface area contributed by atoms with E-state index in [9.17, 15) is 19.8 Å². The van der Waals surface area contributed by atoms with Gasteiger partial charge < -0.3 is 15.3 Å². The van der Waals surface area contributed by atoms with Gasteiger partial charge >= 0.3 is 5.97 Å². The molecule has 1 aromatic heterocycles. The second-order valence-corrected chi connectivity index (χ2v) is 10.6. The number of aliphatic hydroxyl groups excluding tert-OH is 2. The molecular formula is C22H26O5S3. The number of hydrogen-bond donors (Lipinski definition) is 3. The summed E-state index contributed by atoms with van der Waals surface area (Å²) in [6.45, 7) is 0. The van der Waals surface area contributed by atoms with E-state index < -0.39 is 18.2 Å². The van der Waals surface area contributed by atoms with Gasteiger partial charge in [0.1, 0.15) is 5.78 Å². The monoisotopic (exact) mass is 466 g/mol. The van der Waals surface area contributed by atoms with Crippen LogP contribution in [0.5, 0.6) is 0 Å². The highest BCUT2D eigenvalue weighted by Crippen LogP contribution is 2.35. The van der Waals surface area contributed by atoms with Gasteiger partial charge in [0.15, 0.2) is 0 Å². The fraction of sp³-hybridized carbons (Fsp3) is 0.455. The Morgan fingerprint density at radius 1 is 1.30 bits per heavy atom. The van der Waals surface area contributed by atoms with Gasteiger partial charge in [0.25, 0.3) is 0 Å². The Hall–Kier alpha value is -1.32. The Kier molecular flexibility index (Phi) is 8.83. The first-order chi connectivity index (χ1) is 14.5. The largest absolute Gasteiger partial charge is 0.481 e. The minimum absolute atomic E-state index is 0.0404. The molecule has 0 spiro atoms. The predicted octanol–water partition coefficient (Wildman–Crippen LogP) is 3.62. The molecule has 3 N–H and O–H groups in total. The summed E-state index contributed by atoms with van der Waals surface area (Å²) in [6, 6.07) is 8.11. The second-order valence-electron chi connectivity index (χ2n) is 7.32. The minimum Gasteiger partial charge on any atom is -0.481 e. The van der Waals surface area contributed by atoms with Crippen LogP contribution in [-0.4, -0.2) is 61.8 Å². The van der Waals surface area contributed by atoms with Gasteiger partial charge in [0.05, 0.1) is 23.2 Å². The van der Waals surface area contributed by atoms with Crippen molar-refractivity contribution in [3.63, 3.8) is 0 Å². The lowest BCUT2D eigenvalue weighted by atomic mass is 10.0. The Balaban J connectivity index is 1.52. The lowest BCUT2D eigenvalue weighted by molar-refractivity contribution is -0.133. The van der Waals surface area contributed by atoms with Gasteiger partial charge in [-0.25, -0.2) is 0 Å². The molecule has 4 atom stereocenters. The van der Waals surface area contributed by atoms with Crippen LogP contribution in [-0.2, 0) is 16.0 Å². The van der Waals surface area contributed by atoms with Crippen LogP contribution in [0.3, 0.4) is 0 Å². The van der Waals surface area contributed by atoms with Crippen LogP contribution in [0, 0.1) is 5.92 Å². The molecule has 2 unspecified atom stereocenters. The predicted molar refractivity (Wildman–Crippen MR) is 126 cm³/mol. The summed E-state index contributed by atoms with van der Waals surface area (Å²) < 4.78 is 1.19. The quantitative estimate of drug-likeness (QED) is 0.344. The average Bonchev–Trinajstić information content (AvgIpc) is 3.23. The van der Waals surface area contributed by atoms with Gasteiger partial charge in [-0.3, -0.25) is 9.59 Å². The van der Waals surface area contributed by atoms with Gasteiger partial charge in [0, 0.05) is 23.5 Å². The molecule has 5 nitrogen and oxygen atoms in total. The number of carboxylic acid groups (broad SMARTS) is 1. The highest BCUT2D eigenvalue weighted by atomic mass is 32.2. The normalized spacial score (nSPS) is 22.9. The Morgan fingerprint density at radius 3 is 2.90 bits per heavy atom. The zero-order valence-corrected chi connectivity index (χ0v) is 18.9. The maximum Gasteiger partial charge on any atom is 0.313 e. The molecule has 1 fully saturated rings. The third-order valence-corrected chi connectivity index (χ3v) is 8.52. The number of thioether (sulfide) groups is 2. The van der Waals surface area contributed by atoms with E-state index in [4.69, 9.17) is 5.11 Å². The Morgan fingerprint density at radius 2 is 2.10 bits per heavy atom. The molecule has 1 aromatic carbocycles. The molecule has 0 amide bonds. The molecule has 1 aliphatic rings. The van der Waals surface area contributed by atoms with Crippen LogP contribution in [0.1, 0.15) is 18.4 Å². The average molecular weight is 467 g/mol. The highest BCUT2D eigenvalue weighted by Gasteiger charge is 2.40. The van der Waals surface area contributed by atoms with Gasteiger partial charge in [-0.15, -0.1) is 23.1 Å². The number of carbonyl (C=O) groups is 2. The summed E-state index contributed by atoms with van der Waals surface area (Å²) >= 11 is 4.55. The molecule has 0 saturated heterocycles. The standard InChI is InChI=1S/C22H26O5S3/c23-15(10-14-12-30-20-5-2-1-4-16(14)20)6-7-17-18(24)11-19(25)22(17)29-9-3-8-28-13-21(26)27/h1-2,4-7,12,15,17-18,22-24H,3,8-11,13H2,(H,26,27)/t15?,17-,18+,22?/m0/s1. The Bertz CT molecular complexity index is 894. The van der Waals surface area contributed by atoms with Crippen molar-refractivity contribution in [2.45, 2.75) is 36.7 Å². The molecule has 0 bridgehead atoms. The van der Waals surface area contributed by atoms with Crippen LogP contribution < -0.4 is 0 Å². The van der Waals surface area contributed by atoms with Gasteiger partial charge in [-0.05, 0) is 40.3 Å². The van der Waals surface area contributed by atoms with E-state index in [0.717, 1.165) is 28.9 Å². The van der Waals surface area contributed by atoms with Crippen LogP contribution >= 0.6 is 34.9 Å². The molecular weight excluding hydrogens is 440 g/mol. The highest BCUT2D eigenvalue weighted by molar-refractivity contribution is 8.01. The maximum absolute atomic E-state index is 12.3. The number of carboxylic acids is 1. The third kappa shape index (κ3) is 6.34. The zero-order chi connectivity index (χ0) is 21.5. The lowest BCUT2D eigenvalue weighted by Crippen LogP contribution is -2.22. The number of benzene rings is 1. The molecule has 3 rings (SSSR count). The first kappa shape index (κ1) is 23.3. The molecule has 0 aliphatic heterocycles. The zero-order valence-electron chi connectivity index (χ0n) is 16.5. The minimum atomic E-state index is -0.819. The summed E-state index contributed by atoms with van der Waals surface area (Å²) in [7, 11) is 0. The summed E-state index contributed by atoms with van der Waals surface area (Å²) in [5.41, 5.74) is 1.10. The number of rotatable bonds is 11. The molecule has 2 aromatic rings. The number of fused-ring (bicyclic) bond motifs is 1. The molecule has 1 heterocycles. The molecule has 0 radical (unpaired) electrons. The van der Waals surface area contributed by atoms with Crippen molar-refractivity contribution < 1.29 is 24.9 Å². The van der Waals surface area contributed by atoms with Gasteiger partial charge in [0.2, 0.25) is 0 Å². The van der Waals surface area contributed by atoms with Crippen molar-refractivity contribution in [3.8, 4) is 0 Å². The second kappa shape index (κ2) is 11.3. The number of ketones is 1. The van der Waals surface area contributed by atoms with Crippen molar-refractivity contribution in [1.82, 2.24) is 0 Å². The van der Waals surface area contributed by atoms with Crippen molar-refractivity contribution in [2.24, 2.45) is 5.92 Å². The topological polar surface area (TPSA) is 94.8 Å². The number of aliphatic carboxylic acids is 1. The number of thiophene rings is 1. The van der Waals surface area contributed by atoms with Crippen LogP contribution in [0.2, 0.25) is 0 Å². The lowest BCUT2D eigenvalue weighted by Gasteiger charge is -2.17. The van der Waals surface area contributed by atoms with Crippen LogP contribution in [0.25, 0.3) is 10.1 Å². The van der Waals surface area contributed by atoms with Gasteiger partial charge in [-0.2, -0.15) is 11.8 Å². The maximum atomic E-state index is 12.3. The van der Waals surface area contributed by atoms with Crippen LogP contribution in [0.15, 0.2) is 41.8 Å². The third-order valence-electron chi connectivity index (χ3n) is 5.02. The fourth-order valence-electron chi connectivity index (χ4n) is 3.58. The van der Waals surface area contributed by atoms with E-state index in [1.54, 1.807) is 23.5 Å².